The van der Waals surface area contributed by atoms with E-state index in [9.17, 15) is 9.59 Å². The molecule has 1 N–H and O–H groups in total. The van der Waals surface area contributed by atoms with Gasteiger partial charge in [0.15, 0.2) is 5.65 Å². The molecule has 0 spiro atoms. The number of carbonyl (C=O) groups excluding carboxylic acids is 2. The molecule has 1 saturated heterocycles. The topological polar surface area (TPSA) is 83.4 Å². The Morgan fingerprint density at radius 1 is 1.06 bits per heavy atom. The zero-order valence-corrected chi connectivity index (χ0v) is 19.4. The molecule has 2 aromatic heterocycles. The van der Waals surface area contributed by atoms with Crippen LogP contribution in [-0.4, -0.2) is 69.1 Å². The molecule has 32 heavy (non-hydrogen) atoms. The molecule has 1 fully saturated rings. The predicted octanol–water partition coefficient (Wildman–Crippen LogP) is 3.46. The van der Waals surface area contributed by atoms with E-state index in [4.69, 9.17) is 23.2 Å². The molecule has 10 heteroatoms. The molecule has 0 radical (unpaired) electrons. The summed E-state index contributed by atoms with van der Waals surface area (Å²) in [5.74, 6) is -0.227. The Hall–Kier alpha value is -2.68. The molecule has 3 aromatic rings. The Morgan fingerprint density at radius 2 is 1.75 bits per heavy atom. The minimum atomic E-state index is -0.345. The van der Waals surface area contributed by atoms with Crippen molar-refractivity contribution in [3.8, 4) is 0 Å². The van der Waals surface area contributed by atoms with Crippen molar-refractivity contribution in [2.75, 3.05) is 38.0 Å². The normalized spacial score (nSPS) is 14.7. The van der Waals surface area contributed by atoms with Gasteiger partial charge in [0.05, 0.1) is 28.2 Å². The number of nitrogens with one attached hydrogen (secondary N) is 1. The van der Waals surface area contributed by atoms with Crippen LogP contribution in [0.4, 0.5) is 5.69 Å². The Balaban J connectivity index is 1.48. The number of pyridine rings is 1. The molecule has 0 unspecified atom stereocenters. The van der Waals surface area contributed by atoms with E-state index in [1.165, 1.54) is 6.20 Å². The van der Waals surface area contributed by atoms with Gasteiger partial charge < -0.3 is 10.2 Å². The van der Waals surface area contributed by atoms with Crippen LogP contribution in [0.5, 0.6) is 0 Å². The standard InChI is InChI=1S/C22H24Cl2N6O2/c1-14-19-20(24)18(22(32)26-17-5-3-16(23)4-6-17)13-25-21(19)30(27-14)12-9-28-7-10-29(11-8-28)15(2)31/h3-6,13H,7-12H2,1-2H3,(H,26,32). The number of halogens is 2. The number of aromatic nitrogens is 3. The molecule has 3 heterocycles. The minimum Gasteiger partial charge on any atom is -0.340 e. The number of amides is 2. The maximum atomic E-state index is 12.8. The van der Waals surface area contributed by atoms with Crippen molar-refractivity contribution in [1.29, 1.82) is 0 Å². The Bertz CT molecular complexity index is 1150. The summed E-state index contributed by atoms with van der Waals surface area (Å²) < 4.78 is 1.83. The van der Waals surface area contributed by atoms with Crippen LogP contribution < -0.4 is 5.32 Å². The van der Waals surface area contributed by atoms with Gasteiger partial charge in [-0.1, -0.05) is 23.2 Å². The number of fused-ring (bicyclic) bond motifs is 1. The lowest BCUT2D eigenvalue weighted by Gasteiger charge is -2.34. The van der Waals surface area contributed by atoms with Crippen molar-refractivity contribution in [3.05, 3.63) is 51.8 Å². The number of piperazine rings is 1. The highest BCUT2D eigenvalue weighted by atomic mass is 35.5. The lowest BCUT2D eigenvalue weighted by Crippen LogP contribution is -2.48. The Labute approximate surface area is 196 Å². The number of anilines is 1. The van der Waals surface area contributed by atoms with Gasteiger partial charge in [-0.2, -0.15) is 5.10 Å². The van der Waals surface area contributed by atoms with Gasteiger partial charge in [0.25, 0.3) is 5.91 Å². The number of hydrogen-bond donors (Lipinski definition) is 1. The van der Waals surface area contributed by atoms with E-state index in [0.29, 0.717) is 33.3 Å². The van der Waals surface area contributed by atoms with Gasteiger partial charge in [0.2, 0.25) is 5.91 Å². The van der Waals surface area contributed by atoms with E-state index >= 15 is 0 Å². The summed E-state index contributed by atoms with van der Waals surface area (Å²) >= 11 is 12.5. The highest BCUT2D eigenvalue weighted by Gasteiger charge is 2.21. The Morgan fingerprint density at radius 3 is 2.41 bits per heavy atom. The van der Waals surface area contributed by atoms with E-state index in [1.54, 1.807) is 31.2 Å². The number of benzene rings is 1. The third kappa shape index (κ3) is 4.72. The highest BCUT2D eigenvalue weighted by Crippen LogP contribution is 2.29. The van der Waals surface area contributed by atoms with Crippen LogP contribution >= 0.6 is 23.2 Å². The van der Waals surface area contributed by atoms with E-state index in [1.807, 2.05) is 16.5 Å². The maximum absolute atomic E-state index is 12.8. The molecule has 0 bridgehead atoms. The molecule has 168 valence electrons. The van der Waals surface area contributed by atoms with E-state index in [-0.39, 0.29) is 17.4 Å². The van der Waals surface area contributed by atoms with Crippen LogP contribution in [0.2, 0.25) is 10.0 Å². The van der Waals surface area contributed by atoms with Crippen LogP contribution in [0.3, 0.4) is 0 Å². The van der Waals surface area contributed by atoms with Crippen molar-refractivity contribution >= 4 is 51.7 Å². The van der Waals surface area contributed by atoms with Crippen molar-refractivity contribution in [2.24, 2.45) is 0 Å². The SMILES string of the molecule is CC(=O)N1CCN(CCn2nc(C)c3c(Cl)c(C(=O)Nc4ccc(Cl)cc4)cnc32)CC1. The average molecular weight is 475 g/mol. The molecule has 0 saturated carbocycles. The largest absolute Gasteiger partial charge is 0.340 e. The van der Waals surface area contributed by atoms with Crippen LogP contribution in [0.25, 0.3) is 11.0 Å². The second-order valence-corrected chi connectivity index (χ2v) is 8.62. The lowest BCUT2D eigenvalue weighted by molar-refractivity contribution is -0.130. The van der Waals surface area contributed by atoms with Gasteiger partial charge in [-0.3, -0.25) is 14.5 Å². The fraction of sp³-hybridized carbons (Fsp3) is 0.364. The van der Waals surface area contributed by atoms with E-state index in [0.717, 1.165) is 38.4 Å². The van der Waals surface area contributed by atoms with Crippen LogP contribution in [0, 0.1) is 6.92 Å². The average Bonchev–Trinajstić information content (AvgIpc) is 3.10. The first kappa shape index (κ1) is 22.5. The van der Waals surface area contributed by atoms with Crippen molar-refractivity contribution < 1.29 is 9.59 Å². The molecular weight excluding hydrogens is 451 g/mol. The molecule has 1 aliphatic rings. The molecule has 2 amide bonds. The van der Waals surface area contributed by atoms with E-state index in [2.05, 4.69) is 20.3 Å². The monoisotopic (exact) mass is 474 g/mol. The van der Waals surface area contributed by atoms with E-state index < -0.39 is 0 Å². The molecule has 8 nitrogen and oxygen atoms in total. The summed E-state index contributed by atoms with van der Waals surface area (Å²) in [6.07, 6.45) is 1.49. The number of rotatable bonds is 5. The van der Waals surface area contributed by atoms with Crippen molar-refractivity contribution in [2.45, 2.75) is 20.4 Å². The van der Waals surface area contributed by atoms with Gasteiger partial charge >= 0.3 is 0 Å². The van der Waals surface area contributed by atoms with Crippen molar-refractivity contribution in [1.82, 2.24) is 24.6 Å². The maximum Gasteiger partial charge on any atom is 0.258 e. The third-order valence-electron chi connectivity index (χ3n) is 5.66. The summed E-state index contributed by atoms with van der Waals surface area (Å²) in [7, 11) is 0. The van der Waals surface area contributed by atoms with Gasteiger partial charge in [0.1, 0.15) is 0 Å². The third-order valence-corrected chi connectivity index (χ3v) is 6.31. The first-order valence-corrected chi connectivity index (χ1v) is 11.2. The molecule has 4 rings (SSSR count). The summed E-state index contributed by atoms with van der Waals surface area (Å²) in [6, 6.07) is 6.85. The fourth-order valence-electron chi connectivity index (χ4n) is 3.84. The molecule has 1 aromatic carbocycles. The number of aryl methyl sites for hydroxylation is 1. The second-order valence-electron chi connectivity index (χ2n) is 7.80. The number of nitrogens with zero attached hydrogens (tertiary/aromatic N) is 5. The Kier molecular flexibility index (Phi) is 6.64. The second kappa shape index (κ2) is 9.44. The van der Waals surface area contributed by atoms with Crippen LogP contribution in [-0.2, 0) is 11.3 Å². The first-order valence-electron chi connectivity index (χ1n) is 10.4. The fourth-order valence-corrected chi connectivity index (χ4v) is 4.32. The molecular formula is C22H24Cl2N6O2. The molecule has 1 aliphatic heterocycles. The summed E-state index contributed by atoms with van der Waals surface area (Å²) in [5.41, 5.74) is 2.28. The predicted molar refractivity (Wildman–Crippen MR) is 125 cm³/mol. The summed E-state index contributed by atoms with van der Waals surface area (Å²) in [6.45, 7) is 8.05. The van der Waals surface area contributed by atoms with Gasteiger partial charge in [-0.05, 0) is 31.2 Å². The molecule has 0 aliphatic carbocycles. The summed E-state index contributed by atoms with van der Waals surface area (Å²) in [4.78, 5) is 32.9. The van der Waals surface area contributed by atoms with Gasteiger partial charge in [0, 0.05) is 56.6 Å². The van der Waals surface area contributed by atoms with Gasteiger partial charge in [-0.25, -0.2) is 9.67 Å². The quantitative estimate of drug-likeness (QED) is 0.611. The smallest absolute Gasteiger partial charge is 0.258 e. The summed E-state index contributed by atoms with van der Waals surface area (Å²) in [5, 5.41) is 9.02. The molecule has 0 atom stereocenters. The zero-order valence-electron chi connectivity index (χ0n) is 17.9. The number of hydrogen-bond acceptors (Lipinski definition) is 5. The highest BCUT2D eigenvalue weighted by molar-refractivity contribution is 6.39. The van der Waals surface area contributed by atoms with Crippen LogP contribution in [0.1, 0.15) is 23.0 Å². The number of carbonyl (C=O) groups is 2. The lowest BCUT2D eigenvalue weighted by atomic mass is 10.2. The van der Waals surface area contributed by atoms with Crippen LogP contribution in [0.15, 0.2) is 30.5 Å². The van der Waals surface area contributed by atoms with Gasteiger partial charge in [-0.15, -0.1) is 0 Å². The zero-order chi connectivity index (χ0) is 22.8. The van der Waals surface area contributed by atoms with Crippen molar-refractivity contribution in [3.63, 3.8) is 0 Å². The first-order chi connectivity index (χ1) is 15.3. The minimum absolute atomic E-state index is 0.119.